The summed E-state index contributed by atoms with van der Waals surface area (Å²) < 4.78 is 4.77. The van der Waals surface area contributed by atoms with Gasteiger partial charge in [-0.1, -0.05) is 32.6 Å². The minimum Gasteiger partial charge on any atom is -0.464 e. The lowest BCUT2D eigenvalue weighted by molar-refractivity contribution is -0.141. The summed E-state index contributed by atoms with van der Waals surface area (Å²) in [5, 5.41) is 2.71. The summed E-state index contributed by atoms with van der Waals surface area (Å²) in [7, 11) is 0. The standard InChI is InChI=1S/C12H21NO3/c1-2-3-4-5-6-7-11(14)13-10-8-9-16-12(10)15/h10H,2-9H2,1H3,(H,13,14). The van der Waals surface area contributed by atoms with Gasteiger partial charge in [0.1, 0.15) is 6.04 Å². The molecule has 1 N–H and O–H groups in total. The normalized spacial score (nSPS) is 19.6. The van der Waals surface area contributed by atoms with Gasteiger partial charge >= 0.3 is 5.97 Å². The summed E-state index contributed by atoms with van der Waals surface area (Å²) in [6.45, 7) is 2.60. The van der Waals surface area contributed by atoms with E-state index in [2.05, 4.69) is 12.2 Å². The Hall–Kier alpha value is -1.06. The first-order chi connectivity index (χ1) is 7.74. The van der Waals surface area contributed by atoms with Crippen molar-refractivity contribution in [2.24, 2.45) is 0 Å². The van der Waals surface area contributed by atoms with E-state index in [0.717, 1.165) is 12.8 Å². The highest BCUT2D eigenvalue weighted by Crippen LogP contribution is 2.08. The van der Waals surface area contributed by atoms with Gasteiger partial charge in [-0.3, -0.25) is 4.79 Å². The van der Waals surface area contributed by atoms with Crippen LogP contribution in [-0.4, -0.2) is 24.5 Å². The van der Waals surface area contributed by atoms with Crippen LogP contribution < -0.4 is 5.32 Å². The predicted octanol–water partition coefficient (Wildman–Crippen LogP) is 1.78. The molecule has 4 nitrogen and oxygen atoms in total. The minimum atomic E-state index is -0.400. The molecule has 1 atom stereocenters. The molecule has 0 aliphatic carbocycles. The van der Waals surface area contributed by atoms with Crippen molar-refractivity contribution in [3.05, 3.63) is 0 Å². The molecule has 0 saturated carbocycles. The van der Waals surface area contributed by atoms with Gasteiger partial charge in [0.25, 0.3) is 0 Å². The third kappa shape index (κ3) is 4.64. The number of carbonyl (C=O) groups excluding carboxylic acids is 2. The number of hydrogen-bond donors (Lipinski definition) is 1. The van der Waals surface area contributed by atoms with Gasteiger partial charge in [-0.05, 0) is 6.42 Å². The van der Waals surface area contributed by atoms with E-state index in [1.165, 1.54) is 19.3 Å². The quantitative estimate of drug-likeness (QED) is 0.533. The molecule has 1 heterocycles. The summed E-state index contributed by atoms with van der Waals surface area (Å²) in [5.41, 5.74) is 0. The number of hydrogen-bond acceptors (Lipinski definition) is 3. The van der Waals surface area contributed by atoms with Crippen LogP contribution in [0.3, 0.4) is 0 Å². The third-order valence-electron chi connectivity index (χ3n) is 2.78. The lowest BCUT2D eigenvalue weighted by atomic mass is 10.1. The molecule has 1 rings (SSSR count). The molecule has 1 aliphatic heterocycles. The van der Waals surface area contributed by atoms with Crippen LogP contribution in [0, 0.1) is 0 Å². The summed E-state index contributed by atoms with van der Waals surface area (Å²) in [6.07, 6.45) is 6.77. The Kier molecular flexibility index (Phi) is 5.90. The van der Waals surface area contributed by atoms with Gasteiger partial charge in [-0.15, -0.1) is 0 Å². The molecular formula is C12H21NO3. The fourth-order valence-electron chi connectivity index (χ4n) is 1.78. The van der Waals surface area contributed by atoms with Crippen molar-refractivity contribution in [2.75, 3.05) is 6.61 Å². The Bertz CT molecular complexity index is 240. The van der Waals surface area contributed by atoms with Crippen molar-refractivity contribution in [1.29, 1.82) is 0 Å². The summed E-state index contributed by atoms with van der Waals surface area (Å²) in [6, 6.07) is -0.400. The molecule has 4 heteroatoms. The average Bonchev–Trinajstić information content (AvgIpc) is 2.64. The zero-order valence-corrected chi connectivity index (χ0v) is 9.96. The number of ether oxygens (including phenoxy) is 1. The molecule has 1 aliphatic rings. The second-order valence-corrected chi connectivity index (χ2v) is 4.24. The first-order valence-corrected chi connectivity index (χ1v) is 6.20. The van der Waals surface area contributed by atoms with Crippen molar-refractivity contribution >= 4 is 11.9 Å². The van der Waals surface area contributed by atoms with Crippen molar-refractivity contribution in [3.8, 4) is 0 Å². The second-order valence-electron chi connectivity index (χ2n) is 4.24. The molecule has 92 valence electrons. The second kappa shape index (κ2) is 7.25. The number of carbonyl (C=O) groups is 2. The summed E-state index contributed by atoms with van der Waals surface area (Å²) in [5.74, 6) is -0.320. The van der Waals surface area contributed by atoms with E-state index in [9.17, 15) is 9.59 Å². The highest BCUT2D eigenvalue weighted by atomic mass is 16.5. The number of rotatable bonds is 7. The number of esters is 1. The van der Waals surface area contributed by atoms with Gasteiger partial charge in [0.15, 0.2) is 0 Å². The highest BCUT2D eigenvalue weighted by molar-refractivity contribution is 5.85. The Balaban J connectivity index is 2.04. The molecule has 0 spiro atoms. The fraction of sp³-hybridized carbons (Fsp3) is 0.833. The monoisotopic (exact) mass is 227 g/mol. The van der Waals surface area contributed by atoms with E-state index in [-0.39, 0.29) is 11.9 Å². The van der Waals surface area contributed by atoms with Crippen LogP contribution in [0.5, 0.6) is 0 Å². The van der Waals surface area contributed by atoms with E-state index in [1.807, 2.05) is 0 Å². The van der Waals surface area contributed by atoms with Crippen molar-refractivity contribution < 1.29 is 14.3 Å². The molecular weight excluding hydrogens is 206 g/mol. The molecule has 0 aromatic heterocycles. The molecule has 1 saturated heterocycles. The minimum absolute atomic E-state index is 0.0275. The van der Waals surface area contributed by atoms with Crippen LogP contribution in [0.4, 0.5) is 0 Å². The van der Waals surface area contributed by atoms with Crippen LogP contribution in [0.1, 0.15) is 51.9 Å². The predicted molar refractivity (Wildman–Crippen MR) is 60.9 cm³/mol. The van der Waals surface area contributed by atoms with Gasteiger partial charge < -0.3 is 10.1 Å². The van der Waals surface area contributed by atoms with E-state index < -0.39 is 6.04 Å². The van der Waals surface area contributed by atoms with Crippen LogP contribution in [0.2, 0.25) is 0 Å². The van der Waals surface area contributed by atoms with Gasteiger partial charge in [0.2, 0.25) is 5.91 Å². The third-order valence-corrected chi connectivity index (χ3v) is 2.78. The molecule has 0 aromatic carbocycles. The SMILES string of the molecule is CCCCCCCC(=O)NC1CCOC1=O. The molecule has 1 unspecified atom stereocenters. The molecule has 16 heavy (non-hydrogen) atoms. The number of unbranched alkanes of at least 4 members (excludes halogenated alkanes) is 4. The lowest BCUT2D eigenvalue weighted by Gasteiger charge is -2.08. The molecule has 0 aromatic rings. The molecule has 1 fully saturated rings. The smallest absolute Gasteiger partial charge is 0.328 e. The molecule has 0 bridgehead atoms. The Morgan fingerprint density at radius 2 is 2.12 bits per heavy atom. The maximum atomic E-state index is 11.5. The van der Waals surface area contributed by atoms with Crippen molar-refractivity contribution in [1.82, 2.24) is 5.32 Å². The van der Waals surface area contributed by atoms with Gasteiger partial charge in [-0.25, -0.2) is 4.79 Å². The van der Waals surface area contributed by atoms with Crippen LogP contribution in [-0.2, 0) is 14.3 Å². The highest BCUT2D eigenvalue weighted by Gasteiger charge is 2.27. The van der Waals surface area contributed by atoms with Crippen LogP contribution in [0.25, 0.3) is 0 Å². The van der Waals surface area contributed by atoms with E-state index >= 15 is 0 Å². The molecule has 1 amide bonds. The zero-order valence-electron chi connectivity index (χ0n) is 9.96. The van der Waals surface area contributed by atoms with Gasteiger partial charge in [-0.2, -0.15) is 0 Å². The van der Waals surface area contributed by atoms with Crippen LogP contribution in [0.15, 0.2) is 0 Å². The van der Waals surface area contributed by atoms with Crippen LogP contribution >= 0.6 is 0 Å². The van der Waals surface area contributed by atoms with Gasteiger partial charge in [0.05, 0.1) is 6.61 Å². The van der Waals surface area contributed by atoms with E-state index in [4.69, 9.17) is 4.74 Å². The Morgan fingerprint density at radius 1 is 1.38 bits per heavy atom. The number of amides is 1. The topological polar surface area (TPSA) is 55.4 Å². The van der Waals surface area contributed by atoms with E-state index in [1.54, 1.807) is 0 Å². The summed E-state index contributed by atoms with van der Waals surface area (Å²) in [4.78, 5) is 22.5. The maximum Gasteiger partial charge on any atom is 0.328 e. The number of cyclic esters (lactones) is 1. The van der Waals surface area contributed by atoms with E-state index in [0.29, 0.717) is 19.4 Å². The maximum absolute atomic E-state index is 11.5. The largest absolute Gasteiger partial charge is 0.464 e. The fourth-order valence-corrected chi connectivity index (χ4v) is 1.78. The summed E-state index contributed by atoms with van der Waals surface area (Å²) >= 11 is 0. The Morgan fingerprint density at radius 3 is 2.75 bits per heavy atom. The van der Waals surface area contributed by atoms with Crippen molar-refractivity contribution in [3.63, 3.8) is 0 Å². The van der Waals surface area contributed by atoms with Crippen molar-refractivity contribution in [2.45, 2.75) is 57.9 Å². The van der Waals surface area contributed by atoms with Gasteiger partial charge in [0, 0.05) is 12.8 Å². The molecule has 0 radical (unpaired) electrons. The first-order valence-electron chi connectivity index (χ1n) is 6.20. The Labute approximate surface area is 96.7 Å². The average molecular weight is 227 g/mol. The zero-order chi connectivity index (χ0) is 11.8. The first kappa shape index (κ1) is 13.0. The number of nitrogens with one attached hydrogen (secondary N) is 1. The lowest BCUT2D eigenvalue weighted by Crippen LogP contribution is -2.37.